The first-order chi connectivity index (χ1) is 9.40. The predicted octanol–water partition coefficient (Wildman–Crippen LogP) is 2.26. The number of amides is 2. The van der Waals surface area contributed by atoms with Crippen molar-refractivity contribution in [2.24, 2.45) is 0 Å². The largest absolute Gasteiger partial charge is 0.337 e. The van der Waals surface area contributed by atoms with Crippen molar-refractivity contribution in [1.29, 1.82) is 0 Å². The van der Waals surface area contributed by atoms with Crippen LogP contribution in [0, 0.1) is 6.92 Å². The zero-order valence-electron chi connectivity index (χ0n) is 10.3. The molecule has 1 aromatic heterocycles. The fourth-order valence-corrected chi connectivity index (χ4v) is 2.52. The van der Waals surface area contributed by atoms with Crippen molar-refractivity contribution < 1.29 is 17.7 Å². The molecule has 2 N–H and O–H groups in total. The molecule has 0 aliphatic rings. The van der Waals surface area contributed by atoms with E-state index < -0.39 is 16.1 Å². The van der Waals surface area contributed by atoms with Crippen molar-refractivity contribution in [1.82, 2.24) is 9.88 Å². The van der Waals surface area contributed by atoms with E-state index in [4.69, 9.17) is 4.52 Å². The van der Waals surface area contributed by atoms with Gasteiger partial charge in [-0.1, -0.05) is 23.4 Å². The fourth-order valence-electron chi connectivity index (χ4n) is 1.35. The molecule has 1 heterocycles. The first-order valence-corrected chi connectivity index (χ1v) is 7.68. The molecule has 0 saturated heterocycles. The molecule has 0 aliphatic carbocycles. The summed E-state index contributed by atoms with van der Waals surface area (Å²) in [6, 6.07) is 6.61. The van der Waals surface area contributed by atoms with E-state index in [1.54, 1.807) is 25.1 Å². The van der Waals surface area contributed by atoms with Crippen LogP contribution in [0.1, 0.15) is 5.69 Å². The van der Waals surface area contributed by atoms with Gasteiger partial charge in [-0.2, -0.15) is 0 Å². The normalized spacial score (nSPS) is 11.1. The van der Waals surface area contributed by atoms with E-state index in [-0.39, 0.29) is 10.8 Å². The first-order valence-electron chi connectivity index (χ1n) is 5.41. The number of nitrogens with one attached hydrogen (secondary N) is 2. The van der Waals surface area contributed by atoms with Crippen LogP contribution in [-0.4, -0.2) is 19.6 Å². The second kappa shape index (κ2) is 5.63. The van der Waals surface area contributed by atoms with Crippen LogP contribution in [0.4, 0.5) is 10.7 Å². The first kappa shape index (κ1) is 14.5. The molecule has 0 bridgehead atoms. The molecule has 0 spiro atoms. The highest BCUT2D eigenvalue weighted by Gasteiger charge is 2.19. The van der Waals surface area contributed by atoms with Gasteiger partial charge in [-0.15, -0.1) is 0 Å². The Hall–Kier alpha value is -1.87. The number of carbonyl (C=O) groups is 1. The molecule has 2 aromatic rings. The minimum atomic E-state index is -3.93. The second-order valence-electron chi connectivity index (χ2n) is 3.78. The Morgan fingerprint density at radius 1 is 1.30 bits per heavy atom. The van der Waals surface area contributed by atoms with Crippen LogP contribution in [-0.2, 0) is 10.0 Å². The maximum atomic E-state index is 11.9. The molecule has 9 heteroatoms. The van der Waals surface area contributed by atoms with Crippen molar-refractivity contribution >= 4 is 37.9 Å². The summed E-state index contributed by atoms with van der Waals surface area (Å²) in [5.41, 5.74) is 0.534. The topological polar surface area (TPSA) is 101 Å². The van der Waals surface area contributed by atoms with Crippen LogP contribution in [0.3, 0.4) is 0 Å². The second-order valence-corrected chi connectivity index (χ2v) is 6.26. The average Bonchev–Trinajstić information content (AvgIpc) is 2.71. The van der Waals surface area contributed by atoms with Crippen LogP contribution in [0.15, 0.2) is 44.2 Å². The van der Waals surface area contributed by atoms with Crippen molar-refractivity contribution in [2.75, 3.05) is 5.32 Å². The van der Waals surface area contributed by atoms with E-state index in [2.05, 4.69) is 26.4 Å². The van der Waals surface area contributed by atoms with Gasteiger partial charge < -0.3 is 4.52 Å². The lowest BCUT2D eigenvalue weighted by Gasteiger charge is -2.06. The summed E-state index contributed by atoms with van der Waals surface area (Å²) < 4.78 is 30.9. The van der Waals surface area contributed by atoms with Gasteiger partial charge in [-0.05, 0) is 35.0 Å². The number of rotatable bonds is 3. The van der Waals surface area contributed by atoms with Crippen molar-refractivity contribution in [3.63, 3.8) is 0 Å². The number of nitrogens with zero attached hydrogens (tertiary/aromatic N) is 1. The number of aromatic nitrogens is 1. The summed E-state index contributed by atoms with van der Waals surface area (Å²) in [6.45, 7) is 1.66. The molecule has 0 saturated carbocycles. The number of hydrogen-bond donors (Lipinski definition) is 2. The Labute approximate surface area is 123 Å². The number of aryl methyl sites for hydroxylation is 1. The van der Waals surface area contributed by atoms with E-state index >= 15 is 0 Å². The number of anilines is 1. The predicted molar refractivity (Wildman–Crippen MR) is 74.7 cm³/mol. The Morgan fingerprint density at radius 2 is 1.95 bits per heavy atom. The van der Waals surface area contributed by atoms with Gasteiger partial charge in [0, 0.05) is 0 Å². The third kappa shape index (κ3) is 3.17. The van der Waals surface area contributed by atoms with Crippen LogP contribution in [0.2, 0.25) is 0 Å². The summed E-state index contributed by atoms with van der Waals surface area (Å²) in [5, 5.41) is 5.86. The number of hydrogen-bond acceptors (Lipinski definition) is 5. The number of carbonyl (C=O) groups excluding carboxylic acids is 1. The Balaban J connectivity index is 2.11. The Kier molecular flexibility index (Phi) is 4.09. The summed E-state index contributed by atoms with van der Waals surface area (Å²) in [4.78, 5) is 11.6. The van der Waals surface area contributed by atoms with Gasteiger partial charge in [0.15, 0.2) is 0 Å². The molecular weight excluding hydrogens is 350 g/mol. The highest BCUT2D eigenvalue weighted by Crippen LogP contribution is 2.25. The van der Waals surface area contributed by atoms with Gasteiger partial charge in [0.1, 0.15) is 4.47 Å². The third-order valence-electron chi connectivity index (χ3n) is 2.30. The molecule has 0 radical (unpaired) electrons. The molecule has 0 unspecified atom stereocenters. The van der Waals surface area contributed by atoms with Gasteiger partial charge in [-0.3, -0.25) is 5.32 Å². The summed E-state index contributed by atoms with van der Waals surface area (Å²) in [7, 11) is -3.93. The van der Waals surface area contributed by atoms with Gasteiger partial charge >= 0.3 is 6.03 Å². The summed E-state index contributed by atoms with van der Waals surface area (Å²) in [5.74, 6) is 0.0308. The molecule has 7 nitrogen and oxygen atoms in total. The molecule has 106 valence electrons. The van der Waals surface area contributed by atoms with Crippen LogP contribution >= 0.6 is 15.9 Å². The molecule has 1 aromatic carbocycles. The number of sulfonamides is 1. The molecule has 2 amide bonds. The standard InChI is InChI=1S/C11H10BrN3O4S/c1-7-9(12)10(19-14-7)13-11(16)15-20(17,18)8-5-3-2-4-6-8/h2-6H,1H3,(H2,13,15,16). The lowest BCUT2D eigenvalue weighted by atomic mass is 10.4. The van der Waals surface area contributed by atoms with Crippen LogP contribution < -0.4 is 10.0 Å². The van der Waals surface area contributed by atoms with Crippen LogP contribution in [0.25, 0.3) is 0 Å². The Bertz CT molecular complexity index is 727. The zero-order valence-corrected chi connectivity index (χ0v) is 12.7. The van der Waals surface area contributed by atoms with Gasteiger partial charge in [-0.25, -0.2) is 17.9 Å². The van der Waals surface area contributed by atoms with Gasteiger partial charge in [0.25, 0.3) is 10.0 Å². The zero-order chi connectivity index (χ0) is 14.8. The number of urea groups is 1. The van der Waals surface area contributed by atoms with Crippen LogP contribution in [0.5, 0.6) is 0 Å². The lowest BCUT2D eigenvalue weighted by Crippen LogP contribution is -2.34. The summed E-state index contributed by atoms with van der Waals surface area (Å²) >= 11 is 3.16. The minimum absolute atomic E-state index is 0.0111. The van der Waals surface area contributed by atoms with Gasteiger partial charge in [0.05, 0.1) is 10.6 Å². The van der Waals surface area contributed by atoms with Crippen molar-refractivity contribution in [3.8, 4) is 0 Å². The molecular formula is C11H10BrN3O4S. The monoisotopic (exact) mass is 359 g/mol. The maximum absolute atomic E-state index is 11.9. The third-order valence-corrected chi connectivity index (χ3v) is 4.58. The quantitative estimate of drug-likeness (QED) is 0.874. The number of benzene rings is 1. The fraction of sp³-hybridized carbons (Fsp3) is 0.0909. The van der Waals surface area contributed by atoms with E-state index in [0.717, 1.165) is 0 Å². The highest BCUT2D eigenvalue weighted by atomic mass is 79.9. The van der Waals surface area contributed by atoms with E-state index in [1.807, 2.05) is 4.72 Å². The lowest BCUT2D eigenvalue weighted by molar-refractivity contribution is 0.255. The van der Waals surface area contributed by atoms with E-state index in [0.29, 0.717) is 10.2 Å². The highest BCUT2D eigenvalue weighted by molar-refractivity contribution is 9.10. The molecule has 0 atom stereocenters. The number of halogens is 1. The molecule has 20 heavy (non-hydrogen) atoms. The maximum Gasteiger partial charge on any atom is 0.335 e. The minimum Gasteiger partial charge on any atom is -0.337 e. The molecule has 2 rings (SSSR count). The summed E-state index contributed by atoms with van der Waals surface area (Å²) in [6.07, 6.45) is 0. The SMILES string of the molecule is Cc1noc(NC(=O)NS(=O)(=O)c2ccccc2)c1Br. The van der Waals surface area contributed by atoms with Gasteiger partial charge in [0.2, 0.25) is 5.88 Å². The van der Waals surface area contributed by atoms with E-state index in [1.165, 1.54) is 12.1 Å². The average molecular weight is 360 g/mol. The van der Waals surface area contributed by atoms with Crippen molar-refractivity contribution in [3.05, 3.63) is 40.5 Å². The Morgan fingerprint density at radius 3 is 2.50 bits per heavy atom. The molecule has 0 fully saturated rings. The van der Waals surface area contributed by atoms with Crippen molar-refractivity contribution in [2.45, 2.75) is 11.8 Å². The van der Waals surface area contributed by atoms with E-state index in [9.17, 15) is 13.2 Å². The molecule has 0 aliphatic heterocycles. The smallest absolute Gasteiger partial charge is 0.335 e.